The summed E-state index contributed by atoms with van der Waals surface area (Å²) in [4.78, 5) is 17.6. The zero-order valence-corrected chi connectivity index (χ0v) is 13.0. The smallest absolute Gasteiger partial charge is 0.241 e. The lowest BCUT2D eigenvalue weighted by Crippen LogP contribution is -2.43. The van der Waals surface area contributed by atoms with Gasteiger partial charge in [-0.2, -0.15) is 11.3 Å². The average Bonchev–Trinajstić information content (AvgIpc) is 2.94. The summed E-state index contributed by atoms with van der Waals surface area (Å²) in [5, 5.41) is 10.2. The van der Waals surface area contributed by atoms with Crippen molar-refractivity contribution in [3.63, 3.8) is 0 Å². The van der Waals surface area contributed by atoms with Gasteiger partial charge in [0, 0.05) is 27.7 Å². The van der Waals surface area contributed by atoms with Gasteiger partial charge in [0.2, 0.25) is 5.91 Å². The summed E-state index contributed by atoms with van der Waals surface area (Å²) >= 11 is 1.64. The molecule has 0 atom stereocenters. The van der Waals surface area contributed by atoms with E-state index in [1.807, 2.05) is 11.4 Å². The fourth-order valence-electron chi connectivity index (χ4n) is 1.32. The third kappa shape index (κ3) is 6.53. The van der Waals surface area contributed by atoms with Crippen LogP contribution in [0.5, 0.6) is 0 Å². The molecular weight excluding hydrogens is 276 g/mol. The fourth-order valence-corrected chi connectivity index (χ4v) is 1.98. The number of hydrogen-bond donors (Lipinski definition) is 2. The highest BCUT2D eigenvalue weighted by molar-refractivity contribution is 7.07. The quantitative estimate of drug-likeness (QED) is 0.437. The molecule has 0 aliphatic carbocycles. The van der Waals surface area contributed by atoms with E-state index in [4.69, 9.17) is 4.74 Å². The Labute approximate surface area is 123 Å². The third-order valence-corrected chi connectivity index (χ3v) is 3.24. The summed E-state index contributed by atoms with van der Waals surface area (Å²) in [5.41, 5.74) is 1.15. The van der Waals surface area contributed by atoms with Crippen molar-refractivity contribution in [2.45, 2.75) is 6.54 Å². The van der Waals surface area contributed by atoms with Crippen LogP contribution in [-0.2, 0) is 16.1 Å². The van der Waals surface area contributed by atoms with Gasteiger partial charge >= 0.3 is 0 Å². The fraction of sp³-hybridized carbons (Fsp3) is 0.538. The van der Waals surface area contributed by atoms with Crippen LogP contribution >= 0.6 is 11.3 Å². The number of likely N-dealkylation sites (N-methyl/N-ethyl adjacent to an activating group) is 1. The van der Waals surface area contributed by atoms with Gasteiger partial charge in [-0.25, -0.2) is 4.99 Å². The molecule has 0 aliphatic heterocycles. The highest BCUT2D eigenvalue weighted by atomic mass is 32.1. The molecule has 0 saturated carbocycles. The predicted octanol–water partition coefficient (Wildman–Crippen LogP) is 0.518. The molecule has 2 N–H and O–H groups in total. The van der Waals surface area contributed by atoms with Crippen molar-refractivity contribution in [2.75, 3.05) is 40.9 Å². The lowest BCUT2D eigenvalue weighted by atomic mass is 10.3. The molecule has 0 aromatic carbocycles. The minimum atomic E-state index is 0.00164. The number of amides is 1. The van der Waals surface area contributed by atoms with E-state index in [1.165, 1.54) is 0 Å². The number of nitrogens with zero attached hydrogens (tertiary/aromatic N) is 2. The molecule has 0 saturated heterocycles. The first-order chi connectivity index (χ1) is 9.63. The van der Waals surface area contributed by atoms with Crippen molar-refractivity contribution in [3.8, 4) is 0 Å². The van der Waals surface area contributed by atoms with Crippen LogP contribution in [0.3, 0.4) is 0 Å². The SMILES string of the molecule is COCCNC(=NCc1ccsc1)NCC(=O)N(C)C. The summed E-state index contributed by atoms with van der Waals surface area (Å²) in [6, 6.07) is 2.03. The molecule has 112 valence electrons. The van der Waals surface area contributed by atoms with E-state index in [9.17, 15) is 4.79 Å². The summed E-state index contributed by atoms with van der Waals surface area (Å²) in [6.07, 6.45) is 0. The zero-order valence-electron chi connectivity index (χ0n) is 12.2. The largest absolute Gasteiger partial charge is 0.383 e. The molecule has 1 amide bonds. The predicted molar refractivity (Wildman–Crippen MR) is 82.0 cm³/mol. The van der Waals surface area contributed by atoms with E-state index in [1.54, 1.807) is 37.4 Å². The molecule has 20 heavy (non-hydrogen) atoms. The number of guanidine groups is 1. The Hall–Kier alpha value is -1.60. The summed E-state index contributed by atoms with van der Waals surface area (Å²) in [5.74, 6) is 0.616. The van der Waals surface area contributed by atoms with Crippen LogP contribution in [0.2, 0.25) is 0 Å². The number of methoxy groups -OCH3 is 1. The molecular formula is C13H22N4O2S. The zero-order chi connectivity index (χ0) is 14.8. The Morgan fingerprint density at radius 1 is 1.45 bits per heavy atom. The molecule has 0 bridgehead atoms. The molecule has 0 aliphatic rings. The van der Waals surface area contributed by atoms with Crippen molar-refractivity contribution >= 4 is 23.2 Å². The molecule has 7 heteroatoms. The van der Waals surface area contributed by atoms with Crippen LogP contribution in [0.4, 0.5) is 0 Å². The topological polar surface area (TPSA) is 66.0 Å². The Bertz CT molecular complexity index is 418. The number of hydrogen-bond acceptors (Lipinski definition) is 4. The number of aliphatic imine (C=N–C) groups is 1. The maximum atomic E-state index is 11.6. The highest BCUT2D eigenvalue weighted by Gasteiger charge is 2.05. The lowest BCUT2D eigenvalue weighted by Gasteiger charge is -2.14. The second kappa shape index (κ2) is 9.33. The van der Waals surface area contributed by atoms with E-state index in [2.05, 4.69) is 21.0 Å². The van der Waals surface area contributed by atoms with Crippen molar-refractivity contribution < 1.29 is 9.53 Å². The first-order valence-electron chi connectivity index (χ1n) is 6.36. The maximum absolute atomic E-state index is 11.6. The standard InChI is InChI=1S/C13H22N4O2S/c1-17(2)12(18)9-16-13(14-5-6-19-3)15-8-11-4-7-20-10-11/h4,7,10H,5-6,8-9H2,1-3H3,(H2,14,15,16). The normalized spacial score (nSPS) is 11.2. The number of nitrogens with one attached hydrogen (secondary N) is 2. The van der Waals surface area contributed by atoms with Gasteiger partial charge in [-0.15, -0.1) is 0 Å². The van der Waals surface area contributed by atoms with Crippen molar-refractivity contribution in [2.24, 2.45) is 4.99 Å². The lowest BCUT2D eigenvalue weighted by molar-refractivity contribution is -0.127. The summed E-state index contributed by atoms with van der Waals surface area (Å²) in [6.45, 7) is 2.03. The monoisotopic (exact) mass is 298 g/mol. The van der Waals surface area contributed by atoms with Gasteiger partial charge in [0.25, 0.3) is 0 Å². The van der Waals surface area contributed by atoms with E-state index < -0.39 is 0 Å². The van der Waals surface area contributed by atoms with E-state index in [0.29, 0.717) is 25.7 Å². The van der Waals surface area contributed by atoms with Gasteiger partial charge in [0.15, 0.2) is 5.96 Å². The van der Waals surface area contributed by atoms with E-state index >= 15 is 0 Å². The van der Waals surface area contributed by atoms with Crippen LogP contribution < -0.4 is 10.6 Å². The van der Waals surface area contributed by atoms with Gasteiger partial charge in [0.05, 0.1) is 19.7 Å². The summed E-state index contributed by atoms with van der Waals surface area (Å²) < 4.78 is 4.99. The van der Waals surface area contributed by atoms with E-state index in [0.717, 1.165) is 5.56 Å². The number of thiophene rings is 1. The number of rotatable bonds is 7. The van der Waals surface area contributed by atoms with Crippen LogP contribution in [0.1, 0.15) is 5.56 Å². The number of carbonyl (C=O) groups excluding carboxylic acids is 1. The van der Waals surface area contributed by atoms with Crippen LogP contribution in [0, 0.1) is 0 Å². The Morgan fingerprint density at radius 3 is 2.85 bits per heavy atom. The molecule has 0 radical (unpaired) electrons. The van der Waals surface area contributed by atoms with Gasteiger partial charge in [0.1, 0.15) is 0 Å². The Balaban J connectivity index is 2.50. The number of ether oxygens (including phenoxy) is 1. The first-order valence-corrected chi connectivity index (χ1v) is 7.30. The molecule has 1 aromatic heterocycles. The van der Waals surface area contributed by atoms with Crippen molar-refractivity contribution in [1.82, 2.24) is 15.5 Å². The minimum absolute atomic E-state index is 0.00164. The Kier molecular flexibility index (Phi) is 7.67. The second-order valence-electron chi connectivity index (χ2n) is 4.36. The number of carbonyl (C=O) groups is 1. The maximum Gasteiger partial charge on any atom is 0.241 e. The van der Waals surface area contributed by atoms with Gasteiger partial charge in [-0.05, 0) is 22.4 Å². The highest BCUT2D eigenvalue weighted by Crippen LogP contribution is 2.06. The van der Waals surface area contributed by atoms with Crippen molar-refractivity contribution in [1.29, 1.82) is 0 Å². The van der Waals surface area contributed by atoms with Crippen LogP contribution in [0.15, 0.2) is 21.8 Å². The average molecular weight is 298 g/mol. The van der Waals surface area contributed by atoms with Crippen LogP contribution in [0.25, 0.3) is 0 Å². The first kappa shape index (κ1) is 16.5. The summed E-state index contributed by atoms with van der Waals surface area (Å²) in [7, 11) is 5.10. The molecule has 0 fully saturated rings. The van der Waals surface area contributed by atoms with Crippen LogP contribution in [-0.4, -0.2) is 57.7 Å². The third-order valence-electron chi connectivity index (χ3n) is 2.50. The molecule has 1 aromatic rings. The minimum Gasteiger partial charge on any atom is -0.383 e. The van der Waals surface area contributed by atoms with Gasteiger partial charge < -0.3 is 20.3 Å². The molecule has 0 spiro atoms. The Morgan fingerprint density at radius 2 is 2.25 bits per heavy atom. The molecule has 0 unspecified atom stereocenters. The van der Waals surface area contributed by atoms with Gasteiger partial charge in [-0.1, -0.05) is 0 Å². The van der Waals surface area contributed by atoms with E-state index in [-0.39, 0.29) is 12.5 Å². The molecule has 1 rings (SSSR count). The van der Waals surface area contributed by atoms with Gasteiger partial charge in [-0.3, -0.25) is 4.79 Å². The second-order valence-corrected chi connectivity index (χ2v) is 5.14. The molecule has 6 nitrogen and oxygen atoms in total. The van der Waals surface area contributed by atoms with Crippen molar-refractivity contribution in [3.05, 3.63) is 22.4 Å². The molecule has 1 heterocycles.